The first-order valence-corrected chi connectivity index (χ1v) is 7.72. The normalized spacial score (nSPS) is 11.5. The van der Waals surface area contributed by atoms with E-state index in [1.807, 2.05) is 19.9 Å². The van der Waals surface area contributed by atoms with Gasteiger partial charge in [-0.1, -0.05) is 31.1 Å². The molecular formula is C17H23N3O3. The van der Waals surface area contributed by atoms with Crippen molar-refractivity contribution in [2.75, 3.05) is 13.2 Å². The van der Waals surface area contributed by atoms with Gasteiger partial charge in [-0.3, -0.25) is 4.79 Å². The lowest BCUT2D eigenvalue weighted by Crippen LogP contribution is -2.26. The Bertz CT molecular complexity index is 665. The molecule has 1 aromatic heterocycles. The predicted molar refractivity (Wildman–Crippen MR) is 86.9 cm³/mol. The Morgan fingerprint density at radius 1 is 1.35 bits per heavy atom. The minimum atomic E-state index is -0.168. The number of carbonyl (C=O) groups is 1. The Labute approximate surface area is 135 Å². The minimum absolute atomic E-state index is 0.121. The van der Waals surface area contributed by atoms with Crippen molar-refractivity contribution in [3.63, 3.8) is 0 Å². The van der Waals surface area contributed by atoms with Crippen molar-refractivity contribution >= 4 is 5.91 Å². The number of aryl methyl sites for hydroxylation is 1. The summed E-state index contributed by atoms with van der Waals surface area (Å²) < 4.78 is 5.16. The second-order valence-corrected chi connectivity index (χ2v) is 6.37. The molecule has 124 valence electrons. The molecule has 1 amide bonds. The molecule has 1 heterocycles. The number of aliphatic hydroxyl groups is 1. The Balaban J connectivity index is 2.00. The predicted octanol–water partition coefficient (Wildman–Crippen LogP) is 2.57. The van der Waals surface area contributed by atoms with Crippen LogP contribution in [0.2, 0.25) is 0 Å². The van der Waals surface area contributed by atoms with E-state index in [1.54, 1.807) is 25.1 Å². The van der Waals surface area contributed by atoms with Gasteiger partial charge in [-0.2, -0.15) is 4.98 Å². The van der Waals surface area contributed by atoms with E-state index in [1.165, 1.54) is 0 Å². The number of carbonyl (C=O) groups excluding carboxylic acids is 1. The van der Waals surface area contributed by atoms with Gasteiger partial charge in [-0.15, -0.1) is 0 Å². The molecule has 2 rings (SSSR count). The Kier molecular flexibility index (Phi) is 5.50. The van der Waals surface area contributed by atoms with Crippen LogP contribution in [0.4, 0.5) is 0 Å². The van der Waals surface area contributed by atoms with E-state index in [4.69, 9.17) is 4.52 Å². The lowest BCUT2D eigenvalue weighted by atomic mass is 9.89. The minimum Gasteiger partial charge on any atom is -0.396 e. The van der Waals surface area contributed by atoms with E-state index in [0.717, 1.165) is 12.8 Å². The number of amides is 1. The quantitative estimate of drug-likeness (QED) is 0.766. The summed E-state index contributed by atoms with van der Waals surface area (Å²) in [7, 11) is 0. The molecule has 0 atom stereocenters. The highest BCUT2D eigenvalue weighted by molar-refractivity contribution is 5.99. The van der Waals surface area contributed by atoms with Crippen molar-refractivity contribution < 1.29 is 14.4 Å². The molecule has 0 aliphatic heterocycles. The highest BCUT2D eigenvalue weighted by Crippen LogP contribution is 2.22. The number of nitrogens with one attached hydrogen (secondary N) is 1. The van der Waals surface area contributed by atoms with Crippen LogP contribution < -0.4 is 5.32 Å². The number of rotatable bonds is 7. The standard InChI is InChI=1S/C17H23N3O3/c1-12-19-16(23-20-12)14-8-5-4-7-13(14)15(22)18-10-6-9-17(2,3)11-21/h4-5,7-8,21H,6,9-11H2,1-3H3,(H,18,22). The van der Waals surface area contributed by atoms with Gasteiger partial charge in [0.05, 0.1) is 11.1 Å². The first-order valence-electron chi connectivity index (χ1n) is 7.72. The average molecular weight is 317 g/mol. The van der Waals surface area contributed by atoms with Gasteiger partial charge in [0.25, 0.3) is 11.8 Å². The molecule has 1 aromatic carbocycles. The molecule has 0 saturated carbocycles. The zero-order valence-electron chi connectivity index (χ0n) is 13.8. The highest BCUT2D eigenvalue weighted by atomic mass is 16.5. The van der Waals surface area contributed by atoms with Crippen molar-refractivity contribution in [3.8, 4) is 11.5 Å². The number of hydrogen-bond donors (Lipinski definition) is 2. The Hall–Kier alpha value is -2.21. The summed E-state index contributed by atoms with van der Waals surface area (Å²) >= 11 is 0. The second kappa shape index (κ2) is 7.37. The van der Waals surface area contributed by atoms with E-state index in [-0.39, 0.29) is 17.9 Å². The number of aromatic nitrogens is 2. The van der Waals surface area contributed by atoms with Crippen molar-refractivity contribution in [1.29, 1.82) is 0 Å². The van der Waals surface area contributed by atoms with E-state index in [0.29, 0.717) is 29.4 Å². The van der Waals surface area contributed by atoms with Crippen LogP contribution in [0, 0.1) is 12.3 Å². The van der Waals surface area contributed by atoms with Gasteiger partial charge in [-0.05, 0) is 37.3 Å². The number of benzene rings is 1. The zero-order chi connectivity index (χ0) is 16.9. The smallest absolute Gasteiger partial charge is 0.258 e. The summed E-state index contributed by atoms with van der Waals surface area (Å²) in [6.45, 7) is 6.43. The Morgan fingerprint density at radius 2 is 2.09 bits per heavy atom. The lowest BCUT2D eigenvalue weighted by Gasteiger charge is -2.21. The third-order valence-corrected chi connectivity index (χ3v) is 3.67. The molecular weight excluding hydrogens is 294 g/mol. The maximum Gasteiger partial charge on any atom is 0.258 e. The van der Waals surface area contributed by atoms with E-state index in [2.05, 4.69) is 15.5 Å². The fourth-order valence-electron chi connectivity index (χ4n) is 2.22. The van der Waals surface area contributed by atoms with Gasteiger partial charge >= 0.3 is 0 Å². The third-order valence-electron chi connectivity index (χ3n) is 3.67. The largest absolute Gasteiger partial charge is 0.396 e. The molecule has 0 spiro atoms. The molecule has 0 unspecified atom stereocenters. The van der Waals surface area contributed by atoms with Gasteiger partial charge < -0.3 is 14.9 Å². The fraction of sp³-hybridized carbons (Fsp3) is 0.471. The summed E-state index contributed by atoms with van der Waals surface area (Å²) in [6.07, 6.45) is 1.65. The molecule has 6 nitrogen and oxygen atoms in total. The van der Waals surface area contributed by atoms with Crippen LogP contribution in [-0.2, 0) is 0 Å². The van der Waals surface area contributed by atoms with Gasteiger partial charge in [0, 0.05) is 13.2 Å². The van der Waals surface area contributed by atoms with Crippen LogP contribution in [0.25, 0.3) is 11.5 Å². The van der Waals surface area contributed by atoms with Crippen LogP contribution in [0.3, 0.4) is 0 Å². The second-order valence-electron chi connectivity index (χ2n) is 6.37. The topological polar surface area (TPSA) is 88.2 Å². The zero-order valence-corrected chi connectivity index (χ0v) is 13.8. The van der Waals surface area contributed by atoms with Crippen LogP contribution >= 0.6 is 0 Å². The Morgan fingerprint density at radius 3 is 2.74 bits per heavy atom. The summed E-state index contributed by atoms with van der Waals surface area (Å²) in [6, 6.07) is 7.16. The molecule has 23 heavy (non-hydrogen) atoms. The number of aliphatic hydroxyl groups excluding tert-OH is 1. The van der Waals surface area contributed by atoms with E-state index < -0.39 is 0 Å². The SMILES string of the molecule is Cc1noc(-c2ccccc2C(=O)NCCCC(C)(C)CO)n1. The van der Waals surface area contributed by atoms with Crippen LogP contribution in [0.15, 0.2) is 28.8 Å². The van der Waals surface area contributed by atoms with Crippen LogP contribution in [0.5, 0.6) is 0 Å². The molecule has 2 N–H and O–H groups in total. The number of nitrogens with zero attached hydrogens (tertiary/aromatic N) is 2. The molecule has 0 bridgehead atoms. The summed E-state index contributed by atoms with van der Waals surface area (Å²) in [4.78, 5) is 16.6. The molecule has 0 aliphatic carbocycles. The molecule has 6 heteroatoms. The van der Waals surface area contributed by atoms with Crippen LogP contribution in [0.1, 0.15) is 42.9 Å². The lowest BCUT2D eigenvalue weighted by molar-refractivity contribution is 0.0949. The maximum atomic E-state index is 12.4. The molecule has 0 fully saturated rings. The van der Waals surface area contributed by atoms with E-state index in [9.17, 15) is 9.90 Å². The fourth-order valence-corrected chi connectivity index (χ4v) is 2.22. The number of hydrogen-bond acceptors (Lipinski definition) is 5. The monoisotopic (exact) mass is 317 g/mol. The average Bonchev–Trinajstić information content (AvgIpc) is 2.98. The van der Waals surface area contributed by atoms with E-state index >= 15 is 0 Å². The summed E-state index contributed by atoms with van der Waals surface area (Å²) in [5.74, 6) is 0.703. The summed E-state index contributed by atoms with van der Waals surface area (Å²) in [5.41, 5.74) is 1.02. The highest BCUT2D eigenvalue weighted by Gasteiger charge is 2.18. The van der Waals surface area contributed by atoms with Crippen LogP contribution in [-0.4, -0.2) is 34.3 Å². The molecule has 0 aliphatic rings. The van der Waals surface area contributed by atoms with Gasteiger partial charge in [0.15, 0.2) is 5.82 Å². The maximum absolute atomic E-state index is 12.4. The molecule has 0 saturated heterocycles. The van der Waals surface area contributed by atoms with Gasteiger partial charge in [-0.25, -0.2) is 0 Å². The molecule has 2 aromatic rings. The van der Waals surface area contributed by atoms with Crippen molar-refractivity contribution in [2.24, 2.45) is 5.41 Å². The van der Waals surface area contributed by atoms with Gasteiger partial charge in [0.1, 0.15) is 0 Å². The van der Waals surface area contributed by atoms with Crippen molar-refractivity contribution in [3.05, 3.63) is 35.7 Å². The summed E-state index contributed by atoms with van der Waals surface area (Å²) in [5, 5.41) is 15.9. The van der Waals surface area contributed by atoms with Gasteiger partial charge in [0.2, 0.25) is 0 Å². The molecule has 0 radical (unpaired) electrons. The third kappa shape index (κ3) is 4.63. The first kappa shape index (κ1) is 17.1. The first-order chi connectivity index (χ1) is 10.9. The van der Waals surface area contributed by atoms with Crippen molar-refractivity contribution in [2.45, 2.75) is 33.6 Å². The van der Waals surface area contributed by atoms with Crippen molar-refractivity contribution in [1.82, 2.24) is 15.5 Å².